The summed E-state index contributed by atoms with van der Waals surface area (Å²) in [6, 6.07) is 39.9. The largest absolute Gasteiger partial charge is 0.344 e. The molecule has 0 aliphatic heterocycles. The maximum Gasteiger partial charge on any atom is 0.0494 e. The molecule has 7 rings (SSSR count). The lowest BCUT2D eigenvalue weighted by atomic mass is 9.97. The number of fused-ring (bicyclic) bond motifs is 6. The Morgan fingerprint density at radius 1 is 0.353 bits per heavy atom. The van der Waals surface area contributed by atoms with Gasteiger partial charge >= 0.3 is 0 Å². The van der Waals surface area contributed by atoms with E-state index in [1.165, 1.54) is 65.9 Å². The first-order valence-electron chi connectivity index (χ1n) is 11.7. The van der Waals surface area contributed by atoms with Gasteiger partial charge in [-0.1, -0.05) is 72.8 Å². The molecule has 0 spiro atoms. The minimum Gasteiger partial charge on any atom is -0.344 e. The molecule has 0 saturated heterocycles. The van der Waals surface area contributed by atoms with Crippen molar-refractivity contribution in [2.45, 2.75) is 0 Å². The van der Waals surface area contributed by atoms with Crippen LogP contribution in [0.25, 0.3) is 65.9 Å². The van der Waals surface area contributed by atoms with Crippen LogP contribution < -0.4 is 0 Å². The van der Waals surface area contributed by atoms with Crippen molar-refractivity contribution in [1.29, 1.82) is 0 Å². The van der Waals surface area contributed by atoms with Gasteiger partial charge in [0.1, 0.15) is 0 Å². The van der Waals surface area contributed by atoms with Crippen LogP contribution in [0, 0.1) is 0 Å². The van der Waals surface area contributed by atoms with Crippen molar-refractivity contribution in [2.75, 3.05) is 0 Å². The second kappa shape index (κ2) is 7.10. The quantitative estimate of drug-likeness (QED) is 0.258. The number of benzene rings is 5. The van der Waals surface area contributed by atoms with E-state index >= 15 is 0 Å². The third kappa shape index (κ3) is 2.69. The number of para-hydroxylation sites is 2. The summed E-state index contributed by atoms with van der Waals surface area (Å²) >= 11 is 0. The fourth-order valence-corrected chi connectivity index (χ4v) is 5.57. The van der Waals surface area contributed by atoms with E-state index in [-0.39, 0.29) is 0 Å². The Morgan fingerprint density at radius 3 is 1.59 bits per heavy atom. The van der Waals surface area contributed by atoms with Crippen LogP contribution in [0.3, 0.4) is 0 Å². The van der Waals surface area contributed by atoms with Gasteiger partial charge in [0, 0.05) is 57.7 Å². The van der Waals surface area contributed by atoms with Gasteiger partial charge in [-0.05, 0) is 58.7 Å². The molecule has 2 heteroatoms. The Bertz CT molecular complexity index is 1880. The lowest BCUT2D eigenvalue weighted by molar-refractivity contribution is 1.01. The topological polar surface area (TPSA) is 9.86 Å². The summed E-state index contributed by atoms with van der Waals surface area (Å²) in [7, 11) is 4.30. The highest BCUT2D eigenvalue weighted by Gasteiger charge is 2.11. The molecule has 0 N–H and O–H groups in total. The van der Waals surface area contributed by atoms with Crippen molar-refractivity contribution < 1.29 is 0 Å². The van der Waals surface area contributed by atoms with E-state index in [1.54, 1.807) is 0 Å². The summed E-state index contributed by atoms with van der Waals surface area (Å²) in [6.07, 6.45) is 0. The van der Waals surface area contributed by atoms with Crippen LogP contribution in [0.1, 0.15) is 0 Å². The number of aryl methyl sites for hydroxylation is 2. The van der Waals surface area contributed by atoms with Crippen molar-refractivity contribution >= 4 is 43.6 Å². The van der Waals surface area contributed by atoms with Gasteiger partial charge in [0.15, 0.2) is 0 Å². The lowest BCUT2D eigenvalue weighted by Crippen LogP contribution is -1.87. The van der Waals surface area contributed by atoms with Crippen LogP contribution >= 0.6 is 0 Å². The molecule has 0 fully saturated rings. The Hall–Kier alpha value is -4.30. The number of hydrogen-bond donors (Lipinski definition) is 0. The van der Waals surface area contributed by atoms with Crippen LogP contribution in [0.4, 0.5) is 0 Å². The monoisotopic (exact) mass is 436 g/mol. The lowest BCUT2D eigenvalue weighted by Gasteiger charge is -2.08. The first-order chi connectivity index (χ1) is 16.7. The Kier molecular flexibility index (Phi) is 4.01. The third-order valence-corrected chi connectivity index (χ3v) is 7.36. The summed E-state index contributed by atoms with van der Waals surface area (Å²) in [5.41, 5.74) is 10.0. The van der Waals surface area contributed by atoms with Gasteiger partial charge in [-0.3, -0.25) is 0 Å². The number of hydrogen-bond acceptors (Lipinski definition) is 0. The minimum atomic E-state index is 1.24. The fraction of sp³-hybridized carbons (Fsp3) is 0.0625. The molecule has 0 saturated carbocycles. The molecular weight excluding hydrogens is 412 g/mol. The van der Waals surface area contributed by atoms with E-state index in [2.05, 4.69) is 132 Å². The molecule has 0 radical (unpaired) electrons. The third-order valence-electron chi connectivity index (χ3n) is 7.36. The molecule has 162 valence electrons. The molecule has 2 nitrogen and oxygen atoms in total. The molecule has 2 aromatic heterocycles. The predicted molar refractivity (Wildman–Crippen MR) is 145 cm³/mol. The van der Waals surface area contributed by atoms with Crippen LogP contribution in [0.15, 0.2) is 109 Å². The summed E-state index contributed by atoms with van der Waals surface area (Å²) in [5, 5.41) is 5.22. The normalized spacial score (nSPS) is 11.8. The Balaban J connectivity index is 1.37. The van der Waals surface area contributed by atoms with Gasteiger partial charge in [-0.25, -0.2) is 0 Å². The van der Waals surface area contributed by atoms with E-state index < -0.39 is 0 Å². The molecule has 0 bridgehead atoms. The van der Waals surface area contributed by atoms with Gasteiger partial charge in [0.25, 0.3) is 0 Å². The molecule has 0 aliphatic rings. The van der Waals surface area contributed by atoms with Gasteiger partial charge in [0.05, 0.1) is 0 Å². The highest BCUT2D eigenvalue weighted by atomic mass is 14.9. The summed E-state index contributed by atoms with van der Waals surface area (Å²) in [5.74, 6) is 0. The predicted octanol–water partition coefficient (Wildman–Crippen LogP) is 8.31. The highest BCUT2D eigenvalue weighted by molar-refractivity contribution is 6.10. The number of nitrogens with zero attached hydrogens (tertiary/aromatic N) is 2. The van der Waals surface area contributed by atoms with Crippen molar-refractivity contribution in [3.63, 3.8) is 0 Å². The molecule has 2 heterocycles. The SMILES string of the molecule is Cn1c2ccccc2c2cc(-c3cccc(-c4ccc5c6ccccc6n(C)c5c4)c3)ccc21. The molecule has 0 unspecified atom stereocenters. The van der Waals surface area contributed by atoms with Crippen molar-refractivity contribution in [3.05, 3.63) is 109 Å². The van der Waals surface area contributed by atoms with Crippen LogP contribution in [-0.2, 0) is 14.1 Å². The van der Waals surface area contributed by atoms with E-state index in [0.29, 0.717) is 0 Å². The minimum absolute atomic E-state index is 1.24. The first kappa shape index (κ1) is 19.2. The standard InChI is InChI=1S/C32H24N2/c1-33-30-13-6-4-11-26(30)28-19-23(15-17-31(28)33)21-8-7-9-22(18-21)24-14-16-27-25-10-3-5-12-29(25)34(2)32(27)20-24/h3-20H,1-2H3. The molecule has 5 aromatic carbocycles. The fourth-order valence-electron chi connectivity index (χ4n) is 5.57. The Morgan fingerprint density at radius 2 is 0.853 bits per heavy atom. The summed E-state index contributed by atoms with van der Waals surface area (Å²) in [4.78, 5) is 0. The average Bonchev–Trinajstić information content (AvgIpc) is 3.35. The van der Waals surface area contributed by atoms with Crippen molar-refractivity contribution in [2.24, 2.45) is 14.1 Å². The highest BCUT2D eigenvalue weighted by Crippen LogP contribution is 2.35. The Labute approximate surface area is 198 Å². The van der Waals surface area contributed by atoms with Crippen molar-refractivity contribution in [3.8, 4) is 22.3 Å². The molecular formula is C32H24N2. The van der Waals surface area contributed by atoms with Crippen molar-refractivity contribution in [1.82, 2.24) is 9.13 Å². The van der Waals surface area contributed by atoms with E-state index in [4.69, 9.17) is 0 Å². The van der Waals surface area contributed by atoms with E-state index in [1.807, 2.05) is 0 Å². The first-order valence-corrected chi connectivity index (χ1v) is 11.7. The second-order valence-corrected chi connectivity index (χ2v) is 9.20. The van der Waals surface area contributed by atoms with Gasteiger partial charge in [-0.15, -0.1) is 0 Å². The molecule has 0 amide bonds. The zero-order chi connectivity index (χ0) is 22.8. The second-order valence-electron chi connectivity index (χ2n) is 9.20. The maximum absolute atomic E-state index is 2.34. The van der Waals surface area contributed by atoms with E-state index in [9.17, 15) is 0 Å². The van der Waals surface area contributed by atoms with E-state index in [0.717, 1.165) is 0 Å². The summed E-state index contributed by atoms with van der Waals surface area (Å²) in [6.45, 7) is 0. The van der Waals surface area contributed by atoms with Gasteiger partial charge in [-0.2, -0.15) is 0 Å². The molecule has 34 heavy (non-hydrogen) atoms. The average molecular weight is 437 g/mol. The number of aromatic nitrogens is 2. The molecule has 0 atom stereocenters. The smallest absolute Gasteiger partial charge is 0.0494 e. The molecule has 0 aliphatic carbocycles. The zero-order valence-corrected chi connectivity index (χ0v) is 19.3. The van der Waals surface area contributed by atoms with Crippen LogP contribution in [-0.4, -0.2) is 9.13 Å². The van der Waals surface area contributed by atoms with Crippen LogP contribution in [0.2, 0.25) is 0 Å². The van der Waals surface area contributed by atoms with Gasteiger partial charge < -0.3 is 9.13 Å². The maximum atomic E-state index is 2.34. The molecule has 7 aromatic rings. The van der Waals surface area contributed by atoms with Crippen LogP contribution in [0.5, 0.6) is 0 Å². The van der Waals surface area contributed by atoms with Gasteiger partial charge in [0.2, 0.25) is 0 Å². The summed E-state index contributed by atoms with van der Waals surface area (Å²) < 4.78 is 4.58. The zero-order valence-electron chi connectivity index (χ0n) is 19.3. The number of rotatable bonds is 2.